The number of esters is 1. The van der Waals surface area contributed by atoms with Crippen LogP contribution in [0.2, 0.25) is 0 Å². The van der Waals surface area contributed by atoms with Crippen LogP contribution in [0.15, 0.2) is 53.3 Å². The summed E-state index contributed by atoms with van der Waals surface area (Å²) >= 11 is 0. The number of nitrogens with one attached hydrogen (secondary N) is 1. The molecule has 2 fully saturated rings. The number of fused-ring (bicyclic) bond motifs is 5. The van der Waals surface area contributed by atoms with Gasteiger partial charge in [0.1, 0.15) is 11.9 Å². The molecule has 2 aromatic carbocycles. The van der Waals surface area contributed by atoms with Crippen molar-refractivity contribution >= 4 is 5.97 Å². The van der Waals surface area contributed by atoms with Crippen LogP contribution in [-0.2, 0) is 16.0 Å². The minimum atomic E-state index is -0.433. The van der Waals surface area contributed by atoms with Crippen molar-refractivity contribution in [3.8, 4) is 28.3 Å². The molecule has 0 radical (unpaired) electrons. The number of phenols is 1. The van der Waals surface area contributed by atoms with Gasteiger partial charge in [0, 0.05) is 23.5 Å². The van der Waals surface area contributed by atoms with E-state index in [4.69, 9.17) is 4.74 Å². The maximum absolute atomic E-state index is 12.5. The van der Waals surface area contributed by atoms with Crippen molar-refractivity contribution in [2.24, 2.45) is 17.3 Å². The molecular formula is C30H32N2O4. The van der Waals surface area contributed by atoms with E-state index >= 15 is 0 Å². The van der Waals surface area contributed by atoms with Gasteiger partial charge in [-0.3, -0.25) is 4.79 Å². The minimum absolute atomic E-state index is 0.0102. The van der Waals surface area contributed by atoms with Crippen molar-refractivity contribution in [2.75, 3.05) is 0 Å². The Labute approximate surface area is 210 Å². The fraction of sp³-hybridized carbons (Fsp3) is 0.433. The van der Waals surface area contributed by atoms with Crippen molar-refractivity contribution in [3.05, 3.63) is 70.1 Å². The van der Waals surface area contributed by atoms with Crippen molar-refractivity contribution in [1.29, 1.82) is 0 Å². The summed E-state index contributed by atoms with van der Waals surface area (Å²) in [6.45, 7) is 3.83. The number of aryl methyl sites for hydroxylation is 1. The number of H-pyrrole nitrogens is 1. The lowest BCUT2D eigenvalue weighted by atomic mass is 9.55. The van der Waals surface area contributed by atoms with Gasteiger partial charge in [-0.25, -0.2) is 4.79 Å². The summed E-state index contributed by atoms with van der Waals surface area (Å²) in [5.41, 5.74) is 4.75. The van der Waals surface area contributed by atoms with Gasteiger partial charge in [0.05, 0.1) is 11.4 Å². The third-order valence-corrected chi connectivity index (χ3v) is 9.17. The molecule has 36 heavy (non-hydrogen) atoms. The van der Waals surface area contributed by atoms with E-state index in [1.807, 2.05) is 42.5 Å². The van der Waals surface area contributed by atoms with Gasteiger partial charge in [0.25, 0.3) is 0 Å². The summed E-state index contributed by atoms with van der Waals surface area (Å²) in [5.74, 6) is 1.47. The Bertz CT molecular complexity index is 1380. The molecule has 0 amide bonds. The van der Waals surface area contributed by atoms with Crippen LogP contribution < -0.4 is 5.69 Å². The van der Waals surface area contributed by atoms with Gasteiger partial charge in [0.2, 0.25) is 0 Å². The highest BCUT2D eigenvalue weighted by molar-refractivity contribution is 5.73. The van der Waals surface area contributed by atoms with Crippen molar-refractivity contribution in [1.82, 2.24) is 9.97 Å². The number of carbonyl (C=O) groups excluding carboxylic acids is 1. The van der Waals surface area contributed by atoms with E-state index in [1.54, 1.807) is 0 Å². The molecule has 1 aromatic heterocycles. The normalized spacial score (nSPS) is 28.6. The number of ether oxygens (including phenoxy) is 1. The molecule has 3 aliphatic rings. The van der Waals surface area contributed by atoms with Gasteiger partial charge >= 0.3 is 11.7 Å². The van der Waals surface area contributed by atoms with Gasteiger partial charge in [-0.1, -0.05) is 37.3 Å². The predicted octanol–water partition coefficient (Wildman–Crippen LogP) is 5.60. The molecule has 0 unspecified atom stereocenters. The van der Waals surface area contributed by atoms with Crippen LogP contribution in [-0.4, -0.2) is 27.1 Å². The first kappa shape index (κ1) is 23.0. The number of hydrogen-bond acceptors (Lipinski definition) is 5. The molecule has 0 bridgehead atoms. The van der Waals surface area contributed by atoms with E-state index < -0.39 is 5.69 Å². The lowest BCUT2D eigenvalue weighted by Crippen LogP contribution is -2.45. The molecular weight excluding hydrogens is 452 g/mol. The predicted molar refractivity (Wildman–Crippen MR) is 138 cm³/mol. The number of aromatic hydroxyl groups is 1. The quantitative estimate of drug-likeness (QED) is 0.472. The first-order valence-electron chi connectivity index (χ1n) is 13.0. The number of rotatable bonds is 3. The first-order chi connectivity index (χ1) is 17.3. The summed E-state index contributed by atoms with van der Waals surface area (Å²) in [6.07, 6.45) is 6.12. The van der Waals surface area contributed by atoms with E-state index in [1.165, 1.54) is 18.1 Å². The van der Waals surface area contributed by atoms with Gasteiger partial charge < -0.3 is 14.8 Å². The largest absolute Gasteiger partial charge is 0.507 e. The molecule has 0 saturated heterocycles. The fourth-order valence-corrected chi connectivity index (χ4v) is 7.53. The van der Waals surface area contributed by atoms with E-state index in [-0.39, 0.29) is 23.2 Å². The molecule has 2 N–H and O–H groups in total. The van der Waals surface area contributed by atoms with Crippen LogP contribution >= 0.6 is 0 Å². The van der Waals surface area contributed by atoms with E-state index in [2.05, 4.69) is 23.0 Å². The van der Waals surface area contributed by atoms with Crippen molar-refractivity contribution in [3.63, 3.8) is 0 Å². The molecule has 5 atom stereocenters. The smallest absolute Gasteiger partial charge is 0.345 e. The average Bonchev–Trinajstić information content (AvgIpc) is 3.19. The Morgan fingerprint density at radius 3 is 2.69 bits per heavy atom. The van der Waals surface area contributed by atoms with Gasteiger partial charge in [-0.15, -0.1) is 0 Å². The van der Waals surface area contributed by atoms with Crippen molar-refractivity contribution in [2.45, 2.75) is 64.4 Å². The van der Waals surface area contributed by atoms with Crippen LogP contribution in [0.3, 0.4) is 0 Å². The molecule has 3 aliphatic carbocycles. The summed E-state index contributed by atoms with van der Waals surface area (Å²) in [7, 11) is 0. The summed E-state index contributed by atoms with van der Waals surface area (Å²) < 4.78 is 5.77. The van der Waals surface area contributed by atoms with Crippen LogP contribution in [0, 0.1) is 17.3 Å². The Morgan fingerprint density at radius 1 is 1.11 bits per heavy atom. The molecule has 3 aromatic rings. The second-order valence-corrected chi connectivity index (χ2v) is 11.1. The number of aromatic nitrogens is 2. The highest BCUT2D eigenvalue weighted by atomic mass is 16.5. The molecule has 6 nitrogen and oxygen atoms in total. The van der Waals surface area contributed by atoms with Crippen LogP contribution in [0.25, 0.3) is 22.5 Å². The molecule has 1 heterocycles. The number of phenolic OH excluding ortho intramolecular Hbond substituents is 1. The van der Waals surface area contributed by atoms with E-state index in [0.717, 1.165) is 44.1 Å². The lowest BCUT2D eigenvalue weighted by molar-refractivity contribution is -0.154. The zero-order valence-corrected chi connectivity index (χ0v) is 20.8. The zero-order valence-electron chi connectivity index (χ0n) is 20.8. The fourth-order valence-electron chi connectivity index (χ4n) is 7.53. The molecule has 0 spiro atoms. The second kappa shape index (κ2) is 8.61. The SMILES string of the molecule is CC(=O)O[C@H]1CC[C@H]2[C@@H]3CCc4cc(O)c(-c5cc(-c6ccccc6)nc(=O)[nH]5)cc4[C@H]3CC[C@]12C. The highest BCUT2D eigenvalue weighted by Gasteiger charge is 2.56. The Kier molecular flexibility index (Phi) is 5.51. The number of aromatic amines is 1. The number of nitrogens with zero attached hydrogens (tertiary/aromatic N) is 1. The second-order valence-electron chi connectivity index (χ2n) is 11.1. The average molecular weight is 485 g/mol. The van der Waals surface area contributed by atoms with Crippen molar-refractivity contribution < 1.29 is 14.6 Å². The Morgan fingerprint density at radius 2 is 1.92 bits per heavy atom. The number of benzene rings is 2. The molecule has 6 rings (SSSR count). The summed E-state index contributed by atoms with van der Waals surface area (Å²) in [6, 6.07) is 15.4. The highest BCUT2D eigenvalue weighted by Crippen LogP contribution is 2.62. The van der Waals surface area contributed by atoms with E-state index in [9.17, 15) is 14.7 Å². The summed E-state index contributed by atoms with van der Waals surface area (Å²) in [4.78, 5) is 31.2. The van der Waals surface area contributed by atoms with Gasteiger partial charge in [0.15, 0.2) is 0 Å². The van der Waals surface area contributed by atoms with Gasteiger partial charge in [-0.05, 0) is 85.6 Å². The first-order valence-corrected chi connectivity index (χ1v) is 13.0. The van der Waals surface area contributed by atoms with Crippen LogP contribution in [0.4, 0.5) is 0 Å². The summed E-state index contributed by atoms with van der Waals surface area (Å²) in [5, 5.41) is 11.0. The number of hydrogen-bond donors (Lipinski definition) is 2. The topological polar surface area (TPSA) is 92.3 Å². The monoisotopic (exact) mass is 484 g/mol. The minimum Gasteiger partial charge on any atom is -0.507 e. The van der Waals surface area contributed by atoms with Crippen LogP contribution in [0.1, 0.15) is 63.0 Å². The third kappa shape index (κ3) is 3.74. The maximum atomic E-state index is 12.5. The standard InChI is InChI=1S/C30H32N2O4/c1-17(33)36-28-11-10-24-21-9-8-19-14-27(34)23(15-22(19)20(21)12-13-30(24,28)2)26-16-25(31-29(35)32-26)18-6-4-3-5-7-18/h3-7,14-16,20-21,24,28,34H,8-13H2,1-2H3,(H,31,32,35)/t20-,21+,24-,28-,30-/m0/s1. The molecule has 186 valence electrons. The zero-order chi connectivity index (χ0) is 25.0. The maximum Gasteiger partial charge on any atom is 0.345 e. The molecule has 2 saturated carbocycles. The van der Waals surface area contributed by atoms with Crippen LogP contribution in [0.5, 0.6) is 5.75 Å². The Balaban J connectivity index is 1.37. The van der Waals surface area contributed by atoms with Gasteiger partial charge in [-0.2, -0.15) is 4.98 Å². The number of carbonyl (C=O) groups is 1. The third-order valence-electron chi connectivity index (χ3n) is 9.17. The Hall–Kier alpha value is -3.41. The van der Waals surface area contributed by atoms with E-state index in [0.29, 0.717) is 34.7 Å². The molecule has 0 aliphatic heterocycles. The lowest BCUT2D eigenvalue weighted by Gasteiger charge is -2.50. The molecule has 6 heteroatoms.